The fourth-order valence-corrected chi connectivity index (χ4v) is 2.47. The number of rotatable bonds is 3. The Morgan fingerprint density at radius 3 is 2.83 bits per heavy atom. The number of carbonyl (C=O) groups is 1. The van der Waals surface area contributed by atoms with Crippen LogP contribution in [0.25, 0.3) is 0 Å². The minimum Gasteiger partial charge on any atom is -0.481 e. The SMILES string of the molecule is CN1CCOC(c2ccccc2)C(CC(=O)O)C1. The molecule has 1 aromatic rings. The summed E-state index contributed by atoms with van der Waals surface area (Å²) in [7, 11) is 2.01. The molecule has 1 aliphatic heterocycles. The number of carboxylic acids is 1. The number of ether oxygens (including phenoxy) is 1. The molecule has 1 saturated heterocycles. The molecule has 4 heteroatoms. The lowest BCUT2D eigenvalue weighted by atomic mass is 9.92. The normalized spacial score (nSPS) is 25.6. The molecule has 0 bridgehead atoms. The molecule has 0 amide bonds. The molecule has 0 radical (unpaired) electrons. The molecular weight excluding hydrogens is 230 g/mol. The third kappa shape index (κ3) is 3.31. The largest absolute Gasteiger partial charge is 0.481 e. The maximum absolute atomic E-state index is 11.0. The zero-order valence-corrected chi connectivity index (χ0v) is 10.6. The van der Waals surface area contributed by atoms with Crippen molar-refractivity contribution in [1.29, 1.82) is 0 Å². The van der Waals surface area contributed by atoms with Gasteiger partial charge in [-0.25, -0.2) is 0 Å². The van der Waals surface area contributed by atoms with Crippen molar-refractivity contribution in [3.05, 3.63) is 35.9 Å². The van der Waals surface area contributed by atoms with Crippen molar-refractivity contribution < 1.29 is 14.6 Å². The monoisotopic (exact) mass is 249 g/mol. The molecule has 98 valence electrons. The molecule has 1 heterocycles. The Labute approximate surface area is 107 Å². The second kappa shape index (κ2) is 5.98. The van der Waals surface area contributed by atoms with Crippen LogP contribution >= 0.6 is 0 Å². The molecule has 18 heavy (non-hydrogen) atoms. The zero-order chi connectivity index (χ0) is 13.0. The van der Waals surface area contributed by atoms with Gasteiger partial charge in [0.1, 0.15) is 0 Å². The molecule has 4 nitrogen and oxygen atoms in total. The van der Waals surface area contributed by atoms with Gasteiger partial charge in [0.25, 0.3) is 0 Å². The van der Waals surface area contributed by atoms with E-state index in [0.717, 1.165) is 18.7 Å². The van der Waals surface area contributed by atoms with Crippen molar-refractivity contribution in [2.75, 3.05) is 26.7 Å². The van der Waals surface area contributed by atoms with E-state index in [-0.39, 0.29) is 18.4 Å². The summed E-state index contributed by atoms with van der Waals surface area (Å²) in [6.45, 7) is 2.25. The number of likely N-dealkylation sites (N-methyl/N-ethyl adjacent to an activating group) is 1. The molecular formula is C14H19NO3. The highest BCUT2D eigenvalue weighted by molar-refractivity contribution is 5.67. The molecule has 0 saturated carbocycles. The predicted molar refractivity (Wildman–Crippen MR) is 68.4 cm³/mol. The van der Waals surface area contributed by atoms with Crippen LogP contribution in [-0.2, 0) is 9.53 Å². The molecule has 1 N–H and O–H groups in total. The summed E-state index contributed by atoms with van der Waals surface area (Å²) in [4.78, 5) is 13.1. The Kier molecular flexibility index (Phi) is 4.33. The van der Waals surface area contributed by atoms with Crippen molar-refractivity contribution in [2.45, 2.75) is 12.5 Å². The van der Waals surface area contributed by atoms with Crippen molar-refractivity contribution in [3.8, 4) is 0 Å². The van der Waals surface area contributed by atoms with E-state index in [9.17, 15) is 4.79 Å². The molecule has 1 aliphatic rings. The van der Waals surface area contributed by atoms with Crippen molar-refractivity contribution in [2.24, 2.45) is 5.92 Å². The number of benzene rings is 1. The Bertz CT molecular complexity index is 393. The summed E-state index contributed by atoms with van der Waals surface area (Å²) in [5.41, 5.74) is 1.07. The number of hydrogen-bond acceptors (Lipinski definition) is 3. The first-order valence-electron chi connectivity index (χ1n) is 6.23. The molecule has 0 aromatic heterocycles. The molecule has 2 atom stereocenters. The van der Waals surface area contributed by atoms with E-state index in [0.29, 0.717) is 6.61 Å². The quantitative estimate of drug-likeness (QED) is 0.887. The maximum Gasteiger partial charge on any atom is 0.303 e. The summed E-state index contributed by atoms with van der Waals surface area (Å²) in [6, 6.07) is 9.89. The van der Waals surface area contributed by atoms with Crippen LogP contribution in [0.1, 0.15) is 18.1 Å². The minimum atomic E-state index is -0.764. The third-order valence-corrected chi connectivity index (χ3v) is 3.31. The maximum atomic E-state index is 11.0. The first kappa shape index (κ1) is 13.1. The standard InChI is InChI=1S/C14H19NO3/c1-15-7-8-18-14(11-5-3-2-4-6-11)12(10-15)9-13(16)17/h2-6,12,14H,7-10H2,1H3,(H,16,17). The number of nitrogens with zero attached hydrogens (tertiary/aromatic N) is 1. The highest BCUT2D eigenvalue weighted by Gasteiger charge is 2.29. The molecule has 0 spiro atoms. The van der Waals surface area contributed by atoms with Crippen LogP contribution in [0.2, 0.25) is 0 Å². The number of aliphatic carboxylic acids is 1. The van der Waals surface area contributed by atoms with E-state index in [1.807, 2.05) is 37.4 Å². The van der Waals surface area contributed by atoms with Crippen LogP contribution < -0.4 is 0 Å². The van der Waals surface area contributed by atoms with E-state index < -0.39 is 5.97 Å². The van der Waals surface area contributed by atoms with E-state index in [2.05, 4.69) is 4.90 Å². The van der Waals surface area contributed by atoms with Gasteiger partial charge < -0.3 is 14.7 Å². The zero-order valence-electron chi connectivity index (χ0n) is 10.6. The molecule has 2 rings (SSSR count). The van der Waals surface area contributed by atoms with Crippen LogP contribution in [0, 0.1) is 5.92 Å². The van der Waals surface area contributed by atoms with Gasteiger partial charge in [0.15, 0.2) is 0 Å². The Hall–Kier alpha value is -1.39. The van der Waals surface area contributed by atoms with Gasteiger partial charge in [-0.2, -0.15) is 0 Å². The van der Waals surface area contributed by atoms with Crippen molar-refractivity contribution >= 4 is 5.97 Å². The highest BCUT2D eigenvalue weighted by atomic mass is 16.5. The molecule has 0 aliphatic carbocycles. The van der Waals surface area contributed by atoms with E-state index in [1.54, 1.807) is 0 Å². The summed E-state index contributed by atoms with van der Waals surface area (Å²) in [5, 5.41) is 9.03. The summed E-state index contributed by atoms with van der Waals surface area (Å²) in [5.74, 6) is -0.766. The fourth-order valence-electron chi connectivity index (χ4n) is 2.47. The fraction of sp³-hybridized carbons (Fsp3) is 0.500. The first-order valence-corrected chi connectivity index (χ1v) is 6.23. The first-order chi connectivity index (χ1) is 8.66. The van der Waals surface area contributed by atoms with E-state index >= 15 is 0 Å². The third-order valence-electron chi connectivity index (χ3n) is 3.31. The molecule has 2 unspecified atom stereocenters. The van der Waals surface area contributed by atoms with Crippen LogP contribution in [-0.4, -0.2) is 42.7 Å². The van der Waals surface area contributed by atoms with E-state index in [1.165, 1.54) is 0 Å². The molecule has 1 fully saturated rings. The van der Waals surface area contributed by atoms with Gasteiger partial charge in [-0.3, -0.25) is 4.79 Å². The lowest BCUT2D eigenvalue weighted by molar-refractivity contribution is -0.139. The predicted octanol–water partition coefficient (Wildman–Crippen LogP) is 1.78. The lowest BCUT2D eigenvalue weighted by Gasteiger charge is -2.25. The number of hydrogen-bond donors (Lipinski definition) is 1. The smallest absolute Gasteiger partial charge is 0.303 e. The van der Waals surface area contributed by atoms with Gasteiger partial charge in [-0.1, -0.05) is 30.3 Å². The van der Waals surface area contributed by atoms with Crippen LogP contribution in [0.4, 0.5) is 0 Å². The average Bonchev–Trinajstić information content (AvgIpc) is 2.51. The minimum absolute atomic E-state index is 0.00241. The van der Waals surface area contributed by atoms with Crippen LogP contribution in [0.5, 0.6) is 0 Å². The van der Waals surface area contributed by atoms with Gasteiger partial charge in [0.2, 0.25) is 0 Å². The van der Waals surface area contributed by atoms with E-state index in [4.69, 9.17) is 9.84 Å². The van der Waals surface area contributed by atoms with Crippen molar-refractivity contribution in [1.82, 2.24) is 4.90 Å². The Morgan fingerprint density at radius 1 is 1.44 bits per heavy atom. The van der Waals surface area contributed by atoms with Gasteiger partial charge in [0, 0.05) is 19.0 Å². The summed E-state index contributed by atoms with van der Waals surface area (Å²) in [6.07, 6.45) is 0.0245. The topological polar surface area (TPSA) is 49.8 Å². The summed E-state index contributed by atoms with van der Waals surface area (Å²) < 4.78 is 5.87. The molecule has 1 aromatic carbocycles. The second-order valence-electron chi connectivity index (χ2n) is 4.82. The summed E-state index contributed by atoms with van der Waals surface area (Å²) >= 11 is 0. The van der Waals surface area contributed by atoms with Gasteiger partial charge in [-0.15, -0.1) is 0 Å². The van der Waals surface area contributed by atoms with Crippen LogP contribution in [0.3, 0.4) is 0 Å². The van der Waals surface area contributed by atoms with Gasteiger partial charge in [0.05, 0.1) is 19.1 Å². The highest BCUT2D eigenvalue weighted by Crippen LogP contribution is 2.30. The lowest BCUT2D eigenvalue weighted by Crippen LogP contribution is -2.28. The van der Waals surface area contributed by atoms with Crippen LogP contribution in [0.15, 0.2) is 30.3 Å². The second-order valence-corrected chi connectivity index (χ2v) is 4.82. The van der Waals surface area contributed by atoms with Gasteiger partial charge in [-0.05, 0) is 12.6 Å². The Morgan fingerprint density at radius 2 is 2.17 bits per heavy atom. The number of carboxylic acid groups (broad SMARTS) is 1. The van der Waals surface area contributed by atoms with Crippen molar-refractivity contribution in [3.63, 3.8) is 0 Å². The van der Waals surface area contributed by atoms with Gasteiger partial charge >= 0.3 is 5.97 Å². The average molecular weight is 249 g/mol. The Balaban J connectivity index is 2.20.